The highest BCUT2D eigenvalue weighted by Gasteiger charge is 2.17. The largest absolute Gasteiger partial charge is 0.332 e. The number of anilines is 4. The molecule has 0 aliphatic heterocycles. The quantitative estimate of drug-likeness (QED) is 0.0978. The number of amides is 2. The molecular weight excluding hydrogens is 875 g/mol. The Labute approximate surface area is 401 Å². The van der Waals surface area contributed by atoms with Crippen LogP contribution in [0.4, 0.5) is 27.8 Å². The van der Waals surface area contributed by atoms with E-state index >= 15 is 0 Å². The van der Waals surface area contributed by atoms with Gasteiger partial charge in [0.25, 0.3) is 0 Å². The van der Waals surface area contributed by atoms with Crippen molar-refractivity contribution in [3.8, 4) is 61.8 Å². The average molecular weight is 914 g/mol. The van der Waals surface area contributed by atoms with Crippen molar-refractivity contribution < 1.29 is 4.79 Å². The summed E-state index contributed by atoms with van der Waals surface area (Å²) in [4.78, 5) is 33.8. The van der Waals surface area contributed by atoms with Gasteiger partial charge in [0.15, 0.2) is 5.11 Å². The zero-order valence-corrected chi connectivity index (χ0v) is 37.5. The van der Waals surface area contributed by atoms with Gasteiger partial charge in [0.05, 0.1) is 50.5 Å². The zero-order valence-electron chi connectivity index (χ0n) is 36.7. The molecule has 0 saturated carbocycles. The molecule has 13 heteroatoms. The van der Waals surface area contributed by atoms with E-state index in [0.717, 1.165) is 78.6 Å². The molecule has 4 N–H and O–H groups in total. The van der Waals surface area contributed by atoms with E-state index in [4.69, 9.17) is 32.2 Å². The molecule has 11 aromatic rings. The van der Waals surface area contributed by atoms with Crippen LogP contribution in [-0.4, -0.2) is 45.8 Å². The van der Waals surface area contributed by atoms with E-state index in [1.807, 2.05) is 152 Å². The van der Waals surface area contributed by atoms with E-state index in [1.54, 1.807) is 17.0 Å². The summed E-state index contributed by atoms with van der Waals surface area (Å²) in [5, 5.41) is 21.0. The van der Waals surface area contributed by atoms with Gasteiger partial charge in [0.1, 0.15) is 6.33 Å². The zero-order chi connectivity index (χ0) is 46.5. The summed E-state index contributed by atoms with van der Waals surface area (Å²) in [5.41, 5.74) is 14.6. The predicted octanol–water partition coefficient (Wildman–Crippen LogP) is 12.9. The van der Waals surface area contributed by atoms with Gasteiger partial charge in [-0.05, 0) is 90.1 Å². The minimum Gasteiger partial charge on any atom is -0.332 e. The highest BCUT2D eigenvalue weighted by Crippen LogP contribution is 2.35. The molecule has 0 spiro atoms. The van der Waals surface area contributed by atoms with Crippen molar-refractivity contribution in [2.75, 3.05) is 21.3 Å². The van der Waals surface area contributed by atoms with Crippen LogP contribution in [-0.2, 0) is 0 Å². The van der Waals surface area contributed by atoms with Crippen molar-refractivity contribution >= 4 is 68.4 Å². The molecular formula is C56H39N11OS. The molecule has 11 rings (SSSR count). The first-order valence-electron chi connectivity index (χ1n) is 22.1. The lowest BCUT2D eigenvalue weighted by molar-refractivity contribution is 0.262. The number of nitrogens with one attached hydrogen (secondary N) is 4. The number of fused-ring (bicyclic) bond motifs is 2. The summed E-state index contributed by atoms with van der Waals surface area (Å²) in [6.07, 6.45) is 1.55. The molecule has 330 valence electrons. The number of benzene rings is 8. The first-order chi connectivity index (χ1) is 34.0. The predicted molar refractivity (Wildman–Crippen MR) is 280 cm³/mol. The fourth-order valence-electron chi connectivity index (χ4n) is 8.14. The van der Waals surface area contributed by atoms with Gasteiger partial charge in [0.2, 0.25) is 5.95 Å². The van der Waals surface area contributed by atoms with E-state index in [0.29, 0.717) is 27.5 Å². The summed E-state index contributed by atoms with van der Waals surface area (Å²) >= 11 is 5.85. The van der Waals surface area contributed by atoms with Crippen LogP contribution in [0.5, 0.6) is 0 Å². The molecule has 0 radical (unpaired) electrons. The monoisotopic (exact) mass is 913 g/mol. The van der Waals surface area contributed by atoms with E-state index in [9.17, 15) is 4.79 Å². The number of hydrogen-bond acceptors (Lipinski definition) is 8. The lowest BCUT2D eigenvalue weighted by Crippen LogP contribution is -2.21. The SMILES string of the molecule is O=C(Nc1ccc2nc(-c3ccccc3)c(-c3cccc(-c4cccc(NC(=S)Nc5ccc6nc(-c7ccccc7)c(-c7ccccc7)nc6c5)c4)c3)nc2c1)Nc1nncn1-c1ccccc1. The summed E-state index contributed by atoms with van der Waals surface area (Å²) in [5.74, 6) is 0.280. The van der Waals surface area contributed by atoms with Crippen LogP contribution >= 0.6 is 12.2 Å². The molecule has 0 saturated heterocycles. The third kappa shape index (κ3) is 9.21. The van der Waals surface area contributed by atoms with Gasteiger partial charge < -0.3 is 16.0 Å². The van der Waals surface area contributed by atoms with Crippen molar-refractivity contribution in [1.82, 2.24) is 34.7 Å². The Bertz CT molecular complexity index is 3670. The van der Waals surface area contributed by atoms with Crippen LogP contribution in [0.2, 0.25) is 0 Å². The smallest absolute Gasteiger partial charge is 0.326 e. The first-order valence-corrected chi connectivity index (χ1v) is 22.5. The number of rotatable bonds is 10. The fraction of sp³-hybridized carbons (Fsp3) is 0. The Kier molecular flexibility index (Phi) is 11.5. The lowest BCUT2D eigenvalue weighted by Gasteiger charge is -2.14. The molecule has 12 nitrogen and oxygen atoms in total. The summed E-state index contributed by atoms with van der Waals surface area (Å²) in [7, 11) is 0. The Morgan fingerprint density at radius 3 is 1.39 bits per heavy atom. The second-order valence-electron chi connectivity index (χ2n) is 16.0. The Balaban J connectivity index is 0.841. The molecule has 0 bridgehead atoms. The number of nitrogens with zero attached hydrogens (tertiary/aromatic N) is 7. The topological polar surface area (TPSA) is 147 Å². The van der Waals surface area contributed by atoms with Gasteiger partial charge in [-0.1, -0.05) is 140 Å². The number of aromatic nitrogens is 7. The number of hydrogen-bond donors (Lipinski definition) is 4. The van der Waals surface area contributed by atoms with Crippen LogP contribution in [0.25, 0.3) is 83.9 Å². The second kappa shape index (κ2) is 18.8. The number of carbonyl (C=O) groups is 1. The second-order valence-corrected chi connectivity index (χ2v) is 16.4. The van der Waals surface area contributed by atoms with E-state index in [-0.39, 0.29) is 5.95 Å². The van der Waals surface area contributed by atoms with Gasteiger partial charge in [-0.25, -0.2) is 24.7 Å². The van der Waals surface area contributed by atoms with Gasteiger partial charge >= 0.3 is 6.03 Å². The maximum atomic E-state index is 13.2. The summed E-state index contributed by atoms with van der Waals surface area (Å²) < 4.78 is 1.70. The van der Waals surface area contributed by atoms with Crippen molar-refractivity contribution in [2.45, 2.75) is 0 Å². The maximum absolute atomic E-state index is 13.2. The van der Waals surface area contributed by atoms with E-state index in [1.165, 1.54) is 0 Å². The van der Waals surface area contributed by atoms with Crippen molar-refractivity contribution in [1.29, 1.82) is 0 Å². The summed E-state index contributed by atoms with van der Waals surface area (Å²) in [6, 6.07) is 67.0. The third-order valence-corrected chi connectivity index (χ3v) is 11.6. The normalized spacial score (nSPS) is 11.0. The van der Waals surface area contributed by atoms with Gasteiger partial charge in [0, 0.05) is 39.3 Å². The van der Waals surface area contributed by atoms with E-state index in [2.05, 4.69) is 80.0 Å². The lowest BCUT2D eigenvalue weighted by atomic mass is 9.98. The molecule has 3 heterocycles. The van der Waals surface area contributed by atoms with Crippen LogP contribution in [0.1, 0.15) is 0 Å². The highest BCUT2D eigenvalue weighted by atomic mass is 32.1. The fourth-order valence-corrected chi connectivity index (χ4v) is 8.37. The average Bonchev–Trinajstić information content (AvgIpc) is 3.86. The molecule has 0 aliphatic rings. The van der Waals surface area contributed by atoms with Crippen molar-refractivity contribution in [3.05, 3.63) is 213 Å². The molecule has 0 aliphatic carbocycles. The van der Waals surface area contributed by atoms with Crippen molar-refractivity contribution in [3.63, 3.8) is 0 Å². The van der Waals surface area contributed by atoms with Crippen LogP contribution in [0.3, 0.4) is 0 Å². The van der Waals surface area contributed by atoms with Crippen molar-refractivity contribution in [2.24, 2.45) is 0 Å². The highest BCUT2D eigenvalue weighted by molar-refractivity contribution is 7.80. The van der Waals surface area contributed by atoms with Gasteiger partial charge in [-0.15, -0.1) is 10.2 Å². The van der Waals surface area contributed by atoms with E-state index < -0.39 is 6.03 Å². The Morgan fingerprint density at radius 2 is 0.826 bits per heavy atom. The summed E-state index contributed by atoms with van der Waals surface area (Å²) in [6.45, 7) is 0. The Morgan fingerprint density at radius 1 is 0.391 bits per heavy atom. The molecule has 2 amide bonds. The molecule has 0 unspecified atom stereocenters. The number of thiocarbonyl (C=S) groups is 1. The van der Waals surface area contributed by atoms with Gasteiger partial charge in [-0.3, -0.25) is 9.88 Å². The van der Waals surface area contributed by atoms with Gasteiger partial charge in [-0.2, -0.15) is 0 Å². The molecule has 69 heavy (non-hydrogen) atoms. The molecule has 8 aromatic carbocycles. The Hall–Kier alpha value is -9.46. The molecule has 3 aromatic heterocycles. The first kappa shape index (κ1) is 42.2. The number of para-hydroxylation sites is 1. The number of carbonyl (C=O) groups excluding carboxylic acids is 1. The standard InChI is InChI=1S/C56H39N11OS/c68-55(65-54-66-57-35-67(54)45-25-11-4-12-26-45)58-43-27-29-46-48(33-43)64-53(52(62-46)38-19-9-3-10-20-38)41-23-13-21-39(31-41)40-22-14-24-42(32-40)59-56(69)60-44-28-30-47-49(34-44)63-51(37-17-7-2-8-18-37)50(61-47)36-15-5-1-6-16-36/h1-35H,(H2,59,60,69)(H2,58,65,66,68). The van der Waals surface area contributed by atoms with Crippen LogP contribution < -0.4 is 21.3 Å². The minimum absolute atomic E-state index is 0.280. The van der Waals surface area contributed by atoms with Crippen LogP contribution in [0, 0.1) is 0 Å². The molecule has 0 atom stereocenters. The minimum atomic E-state index is -0.478. The molecule has 0 fully saturated rings. The maximum Gasteiger partial charge on any atom is 0.326 e. The van der Waals surface area contributed by atoms with Crippen LogP contribution in [0.15, 0.2) is 213 Å². The third-order valence-electron chi connectivity index (χ3n) is 11.4. The number of urea groups is 1.